The second-order valence-corrected chi connectivity index (χ2v) is 5.16. The third-order valence-corrected chi connectivity index (χ3v) is 3.96. The number of nitrogens with one attached hydrogen (secondary N) is 1. The van der Waals surface area contributed by atoms with Crippen LogP contribution in [0.25, 0.3) is 0 Å². The number of nitriles is 1. The standard InChI is InChI=1S/C17H21N3O/c1-12(16-7-5-6-8-17(16)21-4)19-11-14-9-15(10-18)20(3)13(14)2/h5-9,12,19H,11H2,1-4H3/t12-/m0/s1. The van der Waals surface area contributed by atoms with E-state index in [1.54, 1.807) is 7.11 Å². The zero-order chi connectivity index (χ0) is 15.4. The summed E-state index contributed by atoms with van der Waals surface area (Å²) in [5.74, 6) is 0.889. The van der Waals surface area contributed by atoms with Gasteiger partial charge in [0.2, 0.25) is 0 Å². The first-order chi connectivity index (χ1) is 10.1. The Balaban J connectivity index is 2.11. The van der Waals surface area contributed by atoms with Crippen molar-refractivity contribution in [3.05, 3.63) is 52.8 Å². The smallest absolute Gasteiger partial charge is 0.123 e. The van der Waals surface area contributed by atoms with Crippen LogP contribution in [0.15, 0.2) is 30.3 Å². The number of benzene rings is 1. The number of aromatic nitrogens is 1. The van der Waals surface area contributed by atoms with Crippen molar-refractivity contribution < 1.29 is 4.74 Å². The molecule has 110 valence electrons. The molecule has 0 bridgehead atoms. The van der Waals surface area contributed by atoms with Gasteiger partial charge in [-0.1, -0.05) is 18.2 Å². The van der Waals surface area contributed by atoms with E-state index in [2.05, 4.69) is 24.4 Å². The first-order valence-electron chi connectivity index (χ1n) is 7.00. The first kappa shape index (κ1) is 15.1. The molecule has 0 fully saturated rings. The number of nitrogens with zero attached hydrogens (tertiary/aromatic N) is 2. The monoisotopic (exact) mass is 283 g/mol. The maximum absolute atomic E-state index is 9.07. The summed E-state index contributed by atoms with van der Waals surface area (Å²) in [5, 5.41) is 12.6. The molecule has 0 unspecified atom stereocenters. The fourth-order valence-electron chi connectivity index (χ4n) is 2.45. The van der Waals surface area contributed by atoms with Crippen molar-refractivity contribution in [3.63, 3.8) is 0 Å². The molecule has 0 saturated heterocycles. The normalized spacial score (nSPS) is 12.0. The highest BCUT2D eigenvalue weighted by molar-refractivity contribution is 5.36. The van der Waals surface area contributed by atoms with Gasteiger partial charge in [0.05, 0.1) is 7.11 Å². The Hall–Kier alpha value is -2.25. The number of hydrogen-bond donors (Lipinski definition) is 1. The predicted molar refractivity (Wildman–Crippen MR) is 83.1 cm³/mol. The van der Waals surface area contributed by atoms with E-state index in [9.17, 15) is 0 Å². The van der Waals surface area contributed by atoms with Crippen molar-refractivity contribution in [1.82, 2.24) is 9.88 Å². The maximum atomic E-state index is 9.07. The van der Waals surface area contributed by atoms with E-state index in [0.717, 1.165) is 29.1 Å². The Morgan fingerprint density at radius 1 is 1.38 bits per heavy atom. The van der Waals surface area contributed by atoms with Crippen LogP contribution in [0, 0.1) is 18.3 Å². The topological polar surface area (TPSA) is 50.0 Å². The molecule has 21 heavy (non-hydrogen) atoms. The van der Waals surface area contributed by atoms with E-state index in [0.29, 0.717) is 5.69 Å². The highest BCUT2D eigenvalue weighted by Gasteiger charge is 2.13. The highest BCUT2D eigenvalue weighted by atomic mass is 16.5. The fourth-order valence-corrected chi connectivity index (χ4v) is 2.45. The quantitative estimate of drug-likeness (QED) is 0.917. The van der Waals surface area contributed by atoms with E-state index in [1.807, 2.05) is 42.8 Å². The number of hydrogen-bond acceptors (Lipinski definition) is 3. The van der Waals surface area contributed by atoms with Gasteiger partial charge in [0.25, 0.3) is 0 Å². The number of methoxy groups -OCH3 is 1. The van der Waals surface area contributed by atoms with Crippen molar-refractivity contribution in [2.24, 2.45) is 7.05 Å². The largest absolute Gasteiger partial charge is 0.496 e. The summed E-state index contributed by atoms with van der Waals surface area (Å²) in [7, 11) is 3.60. The highest BCUT2D eigenvalue weighted by Crippen LogP contribution is 2.25. The minimum atomic E-state index is 0.172. The average Bonchev–Trinajstić information content (AvgIpc) is 2.80. The van der Waals surface area contributed by atoms with Crippen LogP contribution >= 0.6 is 0 Å². The number of rotatable bonds is 5. The van der Waals surface area contributed by atoms with Crippen LogP contribution in [0.3, 0.4) is 0 Å². The molecule has 0 aliphatic carbocycles. The molecule has 0 spiro atoms. The van der Waals surface area contributed by atoms with Gasteiger partial charge in [-0.25, -0.2) is 0 Å². The van der Waals surface area contributed by atoms with E-state index < -0.39 is 0 Å². The van der Waals surface area contributed by atoms with Gasteiger partial charge >= 0.3 is 0 Å². The molecule has 0 saturated carbocycles. The molecule has 4 heteroatoms. The molecule has 0 aliphatic heterocycles. The van der Waals surface area contributed by atoms with Crippen LogP contribution in [0.2, 0.25) is 0 Å². The molecule has 1 heterocycles. The van der Waals surface area contributed by atoms with Gasteiger partial charge in [-0.15, -0.1) is 0 Å². The zero-order valence-electron chi connectivity index (χ0n) is 13.0. The molecule has 1 aromatic heterocycles. The van der Waals surface area contributed by atoms with E-state index in [1.165, 1.54) is 0 Å². The second-order valence-electron chi connectivity index (χ2n) is 5.16. The van der Waals surface area contributed by atoms with Gasteiger partial charge in [0.15, 0.2) is 0 Å². The summed E-state index contributed by atoms with van der Waals surface area (Å²) in [6.07, 6.45) is 0. The zero-order valence-corrected chi connectivity index (χ0v) is 13.0. The van der Waals surface area contributed by atoms with Crippen molar-refractivity contribution in [2.45, 2.75) is 26.4 Å². The Bertz CT molecular complexity index is 667. The van der Waals surface area contributed by atoms with Crippen molar-refractivity contribution in [3.8, 4) is 11.8 Å². The molecule has 1 aromatic carbocycles. The van der Waals surface area contributed by atoms with Crippen LogP contribution in [0.1, 0.15) is 35.5 Å². The number of ether oxygens (including phenoxy) is 1. The van der Waals surface area contributed by atoms with Crippen LogP contribution < -0.4 is 10.1 Å². The Labute approximate surface area is 126 Å². The minimum Gasteiger partial charge on any atom is -0.496 e. The van der Waals surface area contributed by atoms with Crippen LogP contribution in [-0.4, -0.2) is 11.7 Å². The third kappa shape index (κ3) is 3.09. The lowest BCUT2D eigenvalue weighted by Crippen LogP contribution is -2.19. The van der Waals surface area contributed by atoms with Gasteiger partial charge in [0.1, 0.15) is 17.5 Å². The molecule has 4 nitrogen and oxygen atoms in total. The SMILES string of the molecule is COc1ccccc1[C@H](C)NCc1cc(C#N)n(C)c1C. The Kier molecular flexibility index (Phi) is 4.66. The van der Waals surface area contributed by atoms with Gasteiger partial charge in [-0.3, -0.25) is 0 Å². The molecule has 1 N–H and O–H groups in total. The molecule has 1 atom stereocenters. The lowest BCUT2D eigenvalue weighted by Gasteiger charge is -2.17. The average molecular weight is 283 g/mol. The van der Waals surface area contributed by atoms with Gasteiger partial charge < -0.3 is 14.6 Å². The van der Waals surface area contributed by atoms with E-state index in [4.69, 9.17) is 10.00 Å². The van der Waals surface area contributed by atoms with Gasteiger partial charge in [-0.2, -0.15) is 5.26 Å². The third-order valence-electron chi connectivity index (χ3n) is 3.96. The lowest BCUT2D eigenvalue weighted by atomic mass is 10.1. The maximum Gasteiger partial charge on any atom is 0.123 e. The molecule has 0 radical (unpaired) electrons. The van der Waals surface area contributed by atoms with Crippen LogP contribution in [-0.2, 0) is 13.6 Å². The lowest BCUT2D eigenvalue weighted by molar-refractivity contribution is 0.401. The van der Waals surface area contributed by atoms with Crippen LogP contribution in [0.5, 0.6) is 5.75 Å². The predicted octanol–water partition coefficient (Wildman–Crippen LogP) is 3.06. The molecular formula is C17H21N3O. The summed E-state index contributed by atoms with van der Waals surface area (Å²) in [4.78, 5) is 0. The molecule has 2 rings (SSSR count). The summed E-state index contributed by atoms with van der Waals surface area (Å²) >= 11 is 0. The summed E-state index contributed by atoms with van der Waals surface area (Å²) < 4.78 is 7.32. The van der Waals surface area contributed by atoms with Crippen molar-refractivity contribution >= 4 is 0 Å². The van der Waals surface area contributed by atoms with Crippen molar-refractivity contribution in [1.29, 1.82) is 5.26 Å². The molecule has 0 aliphatic rings. The summed E-state index contributed by atoms with van der Waals surface area (Å²) in [6.45, 7) is 4.87. The first-order valence-corrected chi connectivity index (χ1v) is 7.00. The van der Waals surface area contributed by atoms with Gasteiger partial charge in [-0.05, 0) is 31.5 Å². The summed E-state index contributed by atoms with van der Waals surface area (Å²) in [6, 6.07) is 12.3. The van der Waals surface area contributed by atoms with E-state index >= 15 is 0 Å². The Morgan fingerprint density at radius 3 is 2.71 bits per heavy atom. The summed E-state index contributed by atoms with van der Waals surface area (Å²) in [5.41, 5.74) is 4.09. The van der Waals surface area contributed by atoms with Crippen LogP contribution in [0.4, 0.5) is 0 Å². The van der Waals surface area contributed by atoms with Crippen molar-refractivity contribution in [2.75, 3.05) is 7.11 Å². The second kappa shape index (κ2) is 6.47. The molecule has 0 amide bonds. The fraction of sp³-hybridized carbons (Fsp3) is 0.353. The minimum absolute atomic E-state index is 0.172. The Morgan fingerprint density at radius 2 is 2.10 bits per heavy atom. The van der Waals surface area contributed by atoms with E-state index in [-0.39, 0.29) is 6.04 Å². The molecular weight excluding hydrogens is 262 g/mol. The number of para-hydroxylation sites is 1. The molecule has 2 aromatic rings. The van der Waals surface area contributed by atoms with Gasteiger partial charge in [0, 0.05) is 30.9 Å².